The van der Waals surface area contributed by atoms with E-state index in [9.17, 15) is 0 Å². The number of aryl methyl sites for hydroxylation is 1. The van der Waals surface area contributed by atoms with E-state index in [1.165, 1.54) is 0 Å². The van der Waals surface area contributed by atoms with E-state index >= 15 is 0 Å². The molecule has 4 heteroatoms. The Morgan fingerprint density at radius 1 is 1.14 bits per heavy atom. The summed E-state index contributed by atoms with van der Waals surface area (Å²) in [7, 11) is 0. The fraction of sp³-hybridized carbons (Fsp3) is 0.100. The molecule has 0 atom stereocenters. The van der Waals surface area contributed by atoms with Crippen LogP contribution in [0.5, 0.6) is 0 Å². The molecule has 3 nitrogen and oxygen atoms in total. The lowest BCUT2D eigenvalue weighted by Gasteiger charge is -2.01. The molecule has 0 saturated heterocycles. The number of hydrogen-bond donors (Lipinski definition) is 0. The molecular formula is C10H8BrN3. The first-order chi connectivity index (χ1) is 6.77. The number of aromatic nitrogens is 3. The molecule has 0 amide bonds. The monoisotopic (exact) mass is 249 g/mol. The third kappa shape index (κ3) is 1.80. The van der Waals surface area contributed by atoms with Crippen LogP contribution in [0.2, 0.25) is 0 Å². The molecule has 2 rings (SSSR count). The van der Waals surface area contributed by atoms with Crippen LogP contribution in [0.25, 0.3) is 11.4 Å². The van der Waals surface area contributed by atoms with Crippen molar-refractivity contribution < 1.29 is 0 Å². The first-order valence-electron chi connectivity index (χ1n) is 4.18. The van der Waals surface area contributed by atoms with Gasteiger partial charge in [0.05, 0.1) is 5.69 Å². The molecule has 0 aliphatic rings. The minimum atomic E-state index is 0.731. The molecule has 0 fully saturated rings. The Morgan fingerprint density at radius 3 is 2.64 bits per heavy atom. The van der Waals surface area contributed by atoms with E-state index in [0.29, 0.717) is 0 Å². The van der Waals surface area contributed by atoms with Crippen LogP contribution in [-0.4, -0.2) is 15.2 Å². The molecule has 0 aliphatic heterocycles. The Morgan fingerprint density at radius 2 is 2.00 bits per heavy atom. The quantitative estimate of drug-likeness (QED) is 0.780. The van der Waals surface area contributed by atoms with E-state index in [2.05, 4.69) is 31.1 Å². The molecule has 0 unspecified atom stereocenters. The molecule has 0 saturated carbocycles. The van der Waals surface area contributed by atoms with Gasteiger partial charge in [-0.1, -0.05) is 6.07 Å². The lowest BCUT2D eigenvalue weighted by Crippen LogP contribution is -1.92. The fourth-order valence-electron chi connectivity index (χ4n) is 1.20. The van der Waals surface area contributed by atoms with E-state index in [-0.39, 0.29) is 0 Å². The second kappa shape index (κ2) is 3.84. The highest BCUT2D eigenvalue weighted by Crippen LogP contribution is 2.17. The molecule has 2 aromatic heterocycles. The summed E-state index contributed by atoms with van der Waals surface area (Å²) in [5.41, 5.74) is 2.78. The van der Waals surface area contributed by atoms with Crippen molar-refractivity contribution >= 4 is 15.9 Å². The first-order valence-corrected chi connectivity index (χ1v) is 4.98. The van der Waals surface area contributed by atoms with Gasteiger partial charge in [0, 0.05) is 6.20 Å². The third-order valence-electron chi connectivity index (χ3n) is 1.88. The van der Waals surface area contributed by atoms with Gasteiger partial charge in [0.1, 0.15) is 10.3 Å². The highest BCUT2D eigenvalue weighted by Gasteiger charge is 2.03. The third-order valence-corrected chi connectivity index (χ3v) is 2.31. The van der Waals surface area contributed by atoms with Gasteiger partial charge in [0.25, 0.3) is 0 Å². The van der Waals surface area contributed by atoms with Crippen molar-refractivity contribution in [2.45, 2.75) is 6.92 Å². The summed E-state index contributed by atoms with van der Waals surface area (Å²) in [5.74, 6) is 0. The highest BCUT2D eigenvalue weighted by molar-refractivity contribution is 9.10. The highest BCUT2D eigenvalue weighted by atomic mass is 79.9. The van der Waals surface area contributed by atoms with E-state index in [1.54, 1.807) is 6.20 Å². The van der Waals surface area contributed by atoms with Gasteiger partial charge in [-0.05, 0) is 46.6 Å². The zero-order chi connectivity index (χ0) is 9.97. The summed E-state index contributed by atoms with van der Waals surface area (Å²) in [4.78, 5) is 4.26. The largest absolute Gasteiger partial charge is 0.254 e. The Labute approximate surface area is 90.3 Å². The summed E-state index contributed by atoms with van der Waals surface area (Å²) in [6.07, 6.45) is 1.76. The smallest absolute Gasteiger partial charge is 0.128 e. The molecule has 70 valence electrons. The Balaban J connectivity index is 2.50. The summed E-state index contributed by atoms with van der Waals surface area (Å²) in [5, 5.41) is 7.97. The maximum Gasteiger partial charge on any atom is 0.128 e. The number of pyridine rings is 1. The lowest BCUT2D eigenvalue weighted by molar-refractivity contribution is 1.00. The topological polar surface area (TPSA) is 38.7 Å². The molecule has 0 N–H and O–H groups in total. The number of nitrogens with zero attached hydrogens (tertiary/aromatic N) is 3. The van der Waals surface area contributed by atoms with Crippen LogP contribution in [0.3, 0.4) is 0 Å². The molecule has 0 aromatic carbocycles. The standard InChI is InChI=1S/C10H8BrN3/c1-7-3-2-6-12-10(7)8-4-5-9(11)14-13-8/h2-6H,1H3. The minimum Gasteiger partial charge on any atom is -0.254 e. The lowest BCUT2D eigenvalue weighted by atomic mass is 10.1. The van der Waals surface area contributed by atoms with Crippen LogP contribution >= 0.6 is 15.9 Å². The van der Waals surface area contributed by atoms with Crippen LogP contribution in [0.4, 0.5) is 0 Å². The van der Waals surface area contributed by atoms with Gasteiger partial charge in [-0.3, -0.25) is 4.98 Å². The fourth-order valence-corrected chi connectivity index (χ4v) is 1.41. The summed E-state index contributed by atoms with van der Waals surface area (Å²) in [6.45, 7) is 2.01. The summed E-state index contributed by atoms with van der Waals surface area (Å²) in [6, 6.07) is 7.67. The van der Waals surface area contributed by atoms with E-state index in [1.807, 2.05) is 31.2 Å². The van der Waals surface area contributed by atoms with Gasteiger partial charge < -0.3 is 0 Å². The SMILES string of the molecule is Cc1cccnc1-c1ccc(Br)nn1. The molecule has 0 radical (unpaired) electrons. The van der Waals surface area contributed by atoms with Gasteiger partial charge in [0.2, 0.25) is 0 Å². The van der Waals surface area contributed by atoms with Crippen molar-refractivity contribution in [2.24, 2.45) is 0 Å². The average molecular weight is 250 g/mol. The maximum atomic E-state index is 4.26. The zero-order valence-electron chi connectivity index (χ0n) is 7.61. The van der Waals surface area contributed by atoms with E-state index in [0.717, 1.165) is 21.6 Å². The molecular weight excluding hydrogens is 242 g/mol. The van der Waals surface area contributed by atoms with Crippen LogP contribution in [0, 0.1) is 6.92 Å². The van der Waals surface area contributed by atoms with Crippen LogP contribution in [0.15, 0.2) is 35.1 Å². The molecule has 2 heterocycles. The maximum absolute atomic E-state index is 4.26. The van der Waals surface area contributed by atoms with Gasteiger partial charge in [-0.25, -0.2) is 0 Å². The molecule has 0 spiro atoms. The Kier molecular flexibility index (Phi) is 2.54. The van der Waals surface area contributed by atoms with Crippen molar-refractivity contribution in [3.63, 3.8) is 0 Å². The summed E-state index contributed by atoms with van der Waals surface area (Å²) < 4.78 is 0.731. The number of rotatable bonds is 1. The predicted molar refractivity (Wildman–Crippen MR) is 57.7 cm³/mol. The van der Waals surface area contributed by atoms with Gasteiger partial charge in [0.15, 0.2) is 0 Å². The van der Waals surface area contributed by atoms with Crippen molar-refractivity contribution in [1.82, 2.24) is 15.2 Å². The van der Waals surface area contributed by atoms with Crippen LogP contribution < -0.4 is 0 Å². The van der Waals surface area contributed by atoms with E-state index in [4.69, 9.17) is 0 Å². The molecule has 14 heavy (non-hydrogen) atoms. The second-order valence-electron chi connectivity index (χ2n) is 2.91. The van der Waals surface area contributed by atoms with Crippen molar-refractivity contribution in [3.8, 4) is 11.4 Å². The average Bonchev–Trinajstić information content (AvgIpc) is 2.20. The molecule has 0 bridgehead atoms. The van der Waals surface area contributed by atoms with Crippen molar-refractivity contribution in [1.29, 1.82) is 0 Å². The van der Waals surface area contributed by atoms with Crippen molar-refractivity contribution in [2.75, 3.05) is 0 Å². The summed E-state index contributed by atoms with van der Waals surface area (Å²) >= 11 is 3.24. The minimum absolute atomic E-state index is 0.731. The Bertz CT molecular complexity index is 439. The zero-order valence-corrected chi connectivity index (χ0v) is 9.19. The number of halogens is 1. The van der Waals surface area contributed by atoms with Crippen molar-refractivity contribution in [3.05, 3.63) is 40.6 Å². The van der Waals surface area contributed by atoms with Crippen LogP contribution in [0.1, 0.15) is 5.56 Å². The molecule has 0 aliphatic carbocycles. The Hall–Kier alpha value is -1.29. The van der Waals surface area contributed by atoms with Crippen LogP contribution in [-0.2, 0) is 0 Å². The van der Waals surface area contributed by atoms with E-state index < -0.39 is 0 Å². The van der Waals surface area contributed by atoms with Gasteiger partial charge in [-0.15, -0.1) is 10.2 Å². The molecule has 2 aromatic rings. The normalized spacial score (nSPS) is 10.1. The van der Waals surface area contributed by atoms with Gasteiger partial charge in [-0.2, -0.15) is 0 Å². The first kappa shape index (κ1) is 9.27. The second-order valence-corrected chi connectivity index (χ2v) is 3.72. The predicted octanol–water partition coefficient (Wildman–Crippen LogP) is 2.61. The van der Waals surface area contributed by atoms with Gasteiger partial charge >= 0.3 is 0 Å². The number of hydrogen-bond acceptors (Lipinski definition) is 3.